The minimum Gasteiger partial charge on any atom is -0.487 e. The van der Waals surface area contributed by atoms with Gasteiger partial charge in [0.15, 0.2) is 6.29 Å². The van der Waals surface area contributed by atoms with Gasteiger partial charge < -0.3 is 29.7 Å². The van der Waals surface area contributed by atoms with E-state index in [1.54, 1.807) is 6.33 Å². The summed E-state index contributed by atoms with van der Waals surface area (Å²) < 4.78 is 16.8. The molecule has 32 heavy (non-hydrogen) atoms. The Kier molecular flexibility index (Phi) is 6.54. The van der Waals surface area contributed by atoms with Gasteiger partial charge in [-0.1, -0.05) is 11.6 Å². The number of hydrogen-bond acceptors (Lipinski definition) is 8. The van der Waals surface area contributed by atoms with Crippen molar-refractivity contribution in [2.45, 2.75) is 12.7 Å². The van der Waals surface area contributed by atoms with Crippen molar-refractivity contribution in [2.24, 2.45) is 0 Å². The summed E-state index contributed by atoms with van der Waals surface area (Å²) in [5, 5.41) is 8.24. The molecule has 2 fully saturated rings. The van der Waals surface area contributed by atoms with Crippen molar-refractivity contribution >= 4 is 39.7 Å². The van der Waals surface area contributed by atoms with Crippen LogP contribution in [0.2, 0.25) is 5.02 Å². The van der Waals surface area contributed by atoms with Gasteiger partial charge in [-0.15, -0.1) is 0 Å². The van der Waals surface area contributed by atoms with Gasteiger partial charge in [0.05, 0.1) is 23.8 Å². The lowest BCUT2D eigenvalue weighted by Gasteiger charge is -2.29. The van der Waals surface area contributed by atoms with Gasteiger partial charge >= 0.3 is 0 Å². The third-order valence-corrected chi connectivity index (χ3v) is 5.86. The third-order valence-electron chi connectivity index (χ3n) is 5.57. The van der Waals surface area contributed by atoms with Crippen molar-refractivity contribution in [2.75, 3.05) is 56.2 Å². The van der Waals surface area contributed by atoms with Crippen molar-refractivity contribution in [3.63, 3.8) is 0 Å². The highest BCUT2D eigenvalue weighted by Gasteiger charge is 2.16. The van der Waals surface area contributed by atoms with E-state index in [2.05, 4.69) is 37.6 Å². The fraction of sp³-hybridized carbons (Fsp3) is 0.391. The molecule has 3 aromatic rings. The Morgan fingerprint density at radius 1 is 1.09 bits per heavy atom. The summed E-state index contributed by atoms with van der Waals surface area (Å²) >= 11 is 6.47. The number of fused-ring (bicyclic) bond motifs is 1. The summed E-state index contributed by atoms with van der Waals surface area (Å²) in [6, 6.07) is 11.9. The monoisotopic (exact) mass is 455 g/mol. The second-order valence-electron chi connectivity index (χ2n) is 7.77. The molecule has 9 heteroatoms. The number of nitrogens with one attached hydrogen (secondary N) is 2. The Labute approximate surface area is 191 Å². The number of anilines is 3. The van der Waals surface area contributed by atoms with Gasteiger partial charge in [-0.05, 0) is 42.8 Å². The van der Waals surface area contributed by atoms with Gasteiger partial charge in [-0.2, -0.15) is 0 Å². The summed E-state index contributed by atoms with van der Waals surface area (Å²) in [5.41, 5.74) is 2.88. The lowest BCUT2D eigenvalue weighted by Crippen LogP contribution is -2.43. The molecule has 3 heterocycles. The molecule has 0 atom stereocenters. The number of ether oxygens (including phenoxy) is 3. The van der Waals surface area contributed by atoms with Crippen molar-refractivity contribution in [1.82, 2.24) is 15.3 Å². The Hall–Kier alpha value is -2.65. The summed E-state index contributed by atoms with van der Waals surface area (Å²) in [4.78, 5) is 11.3. The maximum Gasteiger partial charge on any atom is 0.191 e. The van der Waals surface area contributed by atoms with Crippen LogP contribution in [0.1, 0.15) is 6.42 Å². The maximum absolute atomic E-state index is 6.47. The van der Waals surface area contributed by atoms with E-state index in [9.17, 15) is 0 Å². The van der Waals surface area contributed by atoms with E-state index < -0.39 is 0 Å². The van der Waals surface area contributed by atoms with Crippen LogP contribution in [0.3, 0.4) is 0 Å². The standard InChI is InChI=1S/C23H26ClN5O3/c24-19-12-16(2-5-21(19)32-14-22-30-10-1-11-31-22)28-23-18-13-17(29-8-6-25-7-9-29)3-4-20(18)26-15-27-23/h2-5,12-13,15,22,25H,1,6-11,14H2,(H,26,27,28). The van der Waals surface area contributed by atoms with Crippen molar-refractivity contribution in [1.29, 1.82) is 0 Å². The highest BCUT2D eigenvalue weighted by molar-refractivity contribution is 6.32. The molecule has 0 radical (unpaired) electrons. The Bertz CT molecular complexity index is 1070. The highest BCUT2D eigenvalue weighted by Crippen LogP contribution is 2.32. The fourth-order valence-electron chi connectivity index (χ4n) is 3.89. The number of halogens is 1. The normalized spacial score (nSPS) is 17.5. The van der Waals surface area contributed by atoms with Crippen LogP contribution in [-0.2, 0) is 9.47 Å². The molecule has 2 aliphatic heterocycles. The molecule has 0 spiro atoms. The molecular weight excluding hydrogens is 430 g/mol. The summed E-state index contributed by atoms with van der Waals surface area (Å²) in [5.74, 6) is 1.32. The van der Waals surface area contributed by atoms with Crippen LogP contribution < -0.4 is 20.3 Å². The topological polar surface area (TPSA) is 80.8 Å². The predicted octanol–water partition coefficient (Wildman–Crippen LogP) is 3.58. The first kappa shape index (κ1) is 21.2. The third kappa shape index (κ3) is 4.88. The average Bonchev–Trinajstić information content (AvgIpc) is 2.85. The molecule has 2 N–H and O–H groups in total. The first-order chi connectivity index (χ1) is 15.8. The molecule has 1 aromatic heterocycles. The number of aromatic nitrogens is 2. The molecule has 5 rings (SSSR count). The van der Waals surface area contributed by atoms with Crippen LogP contribution in [-0.4, -0.2) is 62.3 Å². The molecule has 2 aliphatic rings. The largest absolute Gasteiger partial charge is 0.487 e. The summed E-state index contributed by atoms with van der Waals surface area (Å²) in [6.07, 6.45) is 2.12. The summed E-state index contributed by atoms with van der Waals surface area (Å²) in [7, 11) is 0. The second kappa shape index (κ2) is 9.87. The number of hydrogen-bond donors (Lipinski definition) is 2. The van der Waals surface area contributed by atoms with E-state index in [1.165, 1.54) is 5.69 Å². The zero-order valence-electron chi connectivity index (χ0n) is 17.7. The number of nitrogens with zero attached hydrogens (tertiary/aromatic N) is 3. The lowest BCUT2D eigenvalue weighted by molar-refractivity contribution is -0.191. The molecular formula is C23H26ClN5O3. The number of benzene rings is 2. The maximum atomic E-state index is 6.47. The summed E-state index contributed by atoms with van der Waals surface area (Å²) in [6.45, 7) is 5.62. The Balaban J connectivity index is 1.32. The van der Waals surface area contributed by atoms with E-state index in [0.29, 0.717) is 30.6 Å². The molecule has 0 amide bonds. The van der Waals surface area contributed by atoms with Crippen molar-refractivity contribution < 1.29 is 14.2 Å². The van der Waals surface area contributed by atoms with Gasteiger partial charge in [0, 0.05) is 42.9 Å². The van der Waals surface area contributed by atoms with Crippen LogP contribution in [0.15, 0.2) is 42.7 Å². The number of rotatable bonds is 6. The van der Waals surface area contributed by atoms with Crippen LogP contribution in [0.5, 0.6) is 5.75 Å². The molecule has 0 bridgehead atoms. The van der Waals surface area contributed by atoms with Crippen molar-refractivity contribution in [3.8, 4) is 5.75 Å². The molecule has 2 aromatic carbocycles. The van der Waals surface area contributed by atoms with E-state index in [-0.39, 0.29) is 6.29 Å². The first-order valence-corrected chi connectivity index (χ1v) is 11.3. The zero-order valence-corrected chi connectivity index (χ0v) is 18.5. The minimum atomic E-state index is -0.352. The zero-order chi connectivity index (χ0) is 21.8. The van der Waals surface area contributed by atoms with E-state index >= 15 is 0 Å². The molecule has 0 unspecified atom stereocenters. The lowest BCUT2D eigenvalue weighted by atomic mass is 10.1. The quantitative estimate of drug-likeness (QED) is 0.583. The van der Waals surface area contributed by atoms with Gasteiger partial charge in [-0.25, -0.2) is 9.97 Å². The highest BCUT2D eigenvalue weighted by atomic mass is 35.5. The van der Waals surface area contributed by atoms with Crippen LogP contribution in [0, 0.1) is 0 Å². The molecule has 8 nitrogen and oxygen atoms in total. The van der Waals surface area contributed by atoms with Crippen LogP contribution >= 0.6 is 11.6 Å². The van der Waals surface area contributed by atoms with Gasteiger partial charge in [0.25, 0.3) is 0 Å². The number of piperazine rings is 1. The SMILES string of the molecule is Clc1cc(Nc2ncnc3ccc(N4CCNCC4)cc23)ccc1OCC1OCCCO1. The predicted molar refractivity (Wildman–Crippen MR) is 125 cm³/mol. The molecule has 168 valence electrons. The van der Waals surface area contributed by atoms with E-state index in [4.69, 9.17) is 25.8 Å². The van der Waals surface area contributed by atoms with E-state index in [0.717, 1.165) is 55.0 Å². The Morgan fingerprint density at radius 2 is 1.94 bits per heavy atom. The van der Waals surface area contributed by atoms with Gasteiger partial charge in [0.1, 0.15) is 24.5 Å². The smallest absolute Gasteiger partial charge is 0.191 e. The Morgan fingerprint density at radius 3 is 2.75 bits per heavy atom. The van der Waals surface area contributed by atoms with Crippen LogP contribution in [0.4, 0.5) is 17.2 Å². The van der Waals surface area contributed by atoms with Gasteiger partial charge in [0.2, 0.25) is 0 Å². The molecule has 2 saturated heterocycles. The molecule has 0 aliphatic carbocycles. The minimum absolute atomic E-state index is 0.303. The fourth-order valence-corrected chi connectivity index (χ4v) is 4.12. The molecule has 0 saturated carbocycles. The van der Waals surface area contributed by atoms with E-state index in [1.807, 2.05) is 24.3 Å². The first-order valence-electron chi connectivity index (χ1n) is 10.9. The second-order valence-corrected chi connectivity index (χ2v) is 8.17. The average molecular weight is 456 g/mol. The van der Waals surface area contributed by atoms with Crippen LogP contribution in [0.25, 0.3) is 10.9 Å². The van der Waals surface area contributed by atoms with Gasteiger partial charge in [-0.3, -0.25) is 0 Å². The van der Waals surface area contributed by atoms with Crippen molar-refractivity contribution in [3.05, 3.63) is 47.7 Å².